The first-order valence-corrected chi connectivity index (χ1v) is 7.33. The molecule has 2 aliphatic heterocycles. The van der Waals surface area contributed by atoms with Gasteiger partial charge in [0.05, 0.1) is 0 Å². The van der Waals surface area contributed by atoms with Crippen molar-refractivity contribution >= 4 is 40.4 Å². The first kappa shape index (κ1) is 15.0. The number of aliphatic carboxylic acids is 1. The van der Waals surface area contributed by atoms with Crippen LogP contribution in [0.2, 0.25) is 0 Å². The van der Waals surface area contributed by atoms with Gasteiger partial charge in [0.15, 0.2) is 0 Å². The molecule has 0 unspecified atom stereocenters. The van der Waals surface area contributed by atoms with Crippen molar-refractivity contribution in [3.8, 4) is 0 Å². The Morgan fingerprint density at radius 2 is 1.16 bits per heavy atom. The third-order valence-electron chi connectivity index (χ3n) is 4.48. The molecule has 0 bridgehead atoms. The number of benzene rings is 2. The number of imide groups is 2. The molecule has 2 aromatic rings. The Kier molecular flexibility index (Phi) is 2.84. The summed E-state index contributed by atoms with van der Waals surface area (Å²) in [4.78, 5) is 62.4. The molecule has 0 spiro atoms. The van der Waals surface area contributed by atoms with Crippen molar-refractivity contribution in [3.05, 3.63) is 46.5 Å². The van der Waals surface area contributed by atoms with E-state index in [0.717, 1.165) is 4.90 Å². The SMILES string of the molecule is CN1C(=O)c2ccc3c4c(ccc(c24)C1=O)C(=O)N(CC(=O)O)C3=O. The van der Waals surface area contributed by atoms with Gasteiger partial charge >= 0.3 is 5.97 Å². The number of carboxylic acid groups (broad SMARTS) is 1. The van der Waals surface area contributed by atoms with Gasteiger partial charge in [-0.2, -0.15) is 0 Å². The van der Waals surface area contributed by atoms with Crippen molar-refractivity contribution in [1.29, 1.82) is 0 Å². The molecule has 0 fully saturated rings. The highest BCUT2D eigenvalue weighted by Gasteiger charge is 2.39. The molecule has 2 aromatic carbocycles. The lowest BCUT2D eigenvalue weighted by atomic mass is 9.86. The third-order valence-corrected chi connectivity index (χ3v) is 4.48. The third kappa shape index (κ3) is 1.78. The molecular formula is C17H10N2O6. The first-order chi connectivity index (χ1) is 11.8. The number of carbonyl (C=O) groups is 5. The van der Waals surface area contributed by atoms with Crippen LogP contribution in [0.1, 0.15) is 41.4 Å². The average molecular weight is 338 g/mol. The van der Waals surface area contributed by atoms with Crippen molar-refractivity contribution in [3.63, 3.8) is 0 Å². The highest BCUT2D eigenvalue weighted by atomic mass is 16.4. The van der Waals surface area contributed by atoms with E-state index in [1.54, 1.807) is 0 Å². The van der Waals surface area contributed by atoms with Crippen molar-refractivity contribution < 1.29 is 29.1 Å². The number of hydrogen-bond acceptors (Lipinski definition) is 5. The molecule has 0 saturated carbocycles. The summed E-state index contributed by atoms with van der Waals surface area (Å²) in [5.74, 6) is -3.88. The fourth-order valence-electron chi connectivity index (χ4n) is 3.32. The van der Waals surface area contributed by atoms with E-state index in [9.17, 15) is 24.0 Å². The maximum Gasteiger partial charge on any atom is 0.323 e. The molecule has 25 heavy (non-hydrogen) atoms. The molecule has 124 valence electrons. The maximum absolute atomic E-state index is 12.6. The summed E-state index contributed by atoms with van der Waals surface area (Å²) in [6.07, 6.45) is 0. The number of nitrogens with zero attached hydrogens (tertiary/aromatic N) is 2. The molecule has 2 heterocycles. The Hall–Kier alpha value is -3.55. The molecule has 0 atom stereocenters. The average Bonchev–Trinajstić information content (AvgIpc) is 2.59. The zero-order valence-corrected chi connectivity index (χ0v) is 12.9. The van der Waals surface area contributed by atoms with E-state index in [0.29, 0.717) is 4.90 Å². The van der Waals surface area contributed by atoms with Gasteiger partial charge < -0.3 is 5.11 Å². The second kappa shape index (κ2) is 4.73. The predicted molar refractivity (Wildman–Crippen MR) is 83.4 cm³/mol. The Balaban J connectivity index is 2.08. The number of carbonyl (C=O) groups excluding carboxylic acids is 4. The summed E-state index contributed by atoms with van der Waals surface area (Å²) in [6.45, 7) is -0.761. The summed E-state index contributed by atoms with van der Waals surface area (Å²) < 4.78 is 0. The number of rotatable bonds is 2. The van der Waals surface area contributed by atoms with E-state index in [1.807, 2.05) is 0 Å². The van der Waals surface area contributed by atoms with Crippen LogP contribution < -0.4 is 0 Å². The standard InChI is InChI=1S/C17H10N2O6/c1-18-14(22)7-2-4-9-13-10(5-3-8(12(7)13)15(18)23)17(25)19(16(9)24)6-11(20)21/h2-5H,6H2,1H3,(H,20,21). The molecule has 0 radical (unpaired) electrons. The molecule has 0 saturated heterocycles. The molecular weight excluding hydrogens is 328 g/mol. The van der Waals surface area contributed by atoms with Crippen LogP contribution in [-0.2, 0) is 4.79 Å². The van der Waals surface area contributed by atoms with Crippen LogP contribution in [0, 0.1) is 0 Å². The second-order valence-electron chi connectivity index (χ2n) is 5.83. The molecule has 0 aliphatic carbocycles. The van der Waals surface area contributed by atoms with E-state index >= 15 is 0 Å². The summed E-state index contributed by atoms with van der Waals surface area (Å²) in [5.41, 5.74) is 0.651. The highest BCUT2D eigenvalue weighted by Crippen LogP contribution is 2.37. The van der Waals surface area contributed by atoms with E-state index in [1.165, 1.54) is 31.3 Å². The minimum absolute atomic E-state index is 0.0987. The molecule has 4 amide bonds. The van der Waals surface area contributed by atoms with E-state index < -0.39 is 36.1 Å². The topological polar surface area (TPSA) is 112 Å². The van der Waals surface area contributed by atoms with Crippen LogP contribution in [0.3, 0.4) is 0 Å². The lowest BCUT2D eigenvalue weighted by molar-refractivity contribution is -0.137. The summed E-state index contributed by atoms with van der Waals surface area (Å²) in [5, 5.41) is 9.42. The maximum atomic E-state index is 12.6. The Labute approximate surface area is 140 Å². The van der Waals surface area contributed by atoms with Gasteiger partial charge in [0.2, 0.25) is 0 Å². The zero-order valence-electron chi connectivity index (χ0n) is 12.9. The Bertz CT molecular complexity index is 984. The van der Waals surface area contributed by atoms with Gasteiger partial charge in [0.25, 0.3) is 23.6 Å². The summed E-state index contributed by atoms with van der Waals surface area (Å²) >= 11 is 0. The van der Waals surface area contributed by atoms with Crippen LogP contribution in [0.25, 0.3) is 10.8 Å². The minimum atomic E-state index is -1.32. The molecule has 4 rings (SSSR count). The van der Waals surface area contributed by atoms with Crippen molar-refractivity contribution in [2.45, 2.75) is 0 Å². The zero-order chi connectivity index (χ0) is 18.0. The van der Waals surface area contributed by atoms with Gasteiger partial charge in [0, 0.05) is 40.1 Å². The van der Waals surface area contributed by atoms with Crippen LogP contribution in [0.15, 0.2) is 24.3 Å². The van der Waals surface area contributed by atoms with Gasteiger partial charge in [-0.3, -0.25) is 33.8 Å². The molecule has 8 heteroatoms. The van der Waals surface area contributed by atoms with Gasteiger partial charge in [-0.15, -0.1) is 0 Å². The minimum Gasteiger partial charge on any atom is -0.480 e. The Morgan fingerprint density at radius 3 is 1.52 bits per heavy atom. The molecule has 1 N–H and O–H groups in total. The van der Waals surface area contributed by atoms with E-state index in [4.69, 9.17) is 5.11 Å². The normalized spacial score (nSPS) is 16.0. The van der Waals surface area contributed by atoms with Crippen LogP contribution >= 0.6 is 0 Å². The molecule has 2 aliphatic rings. The molecule has 0 aromatic heterocycles. The lowest BCUT2D eigenvalue weighted by Crippen LogP contribution is -2.44. The fraction of sp³-hybridized carbons (Fsp3) is 0.118. The number of amides is 4. The number of carboxylic acids is 1. The number of hydrogen-bond donors (Lipinski definition) is 1. The smallest absolute Gasteiger partial charge is 0.323 e. The monoisotopic (exact) mass is 338 g/mol. The van der Waals surface area contributed by atoms with Crippen molar-refractivity contribution in [2.75, 3.05) is 13.6 Å². The largest absolute Gasteiger partial charge is 0.480 e. The summed E-state index contributed by atoms with van der Waals surface area (Å²) in [6, 6.07) is 5.61. The van der Waals surface area contributed by atoms with Gasteiger partial charge in [-0.25, -0.2) is 0 Å². The fourth-order valence-corrected chi connectivity index (χ4v) is 3.32. The second-order valence-corrected chi connectivity index (χ2v) is 5.83. The van der Waals surface area contributed by atoms with Crippen LogP contribution in [0.5, 0.6) is 0 Å². The van der Waals surface area contributed by atoms with Crippen LogP contribution in [0.4, 0.5) is 0 Å². The van der Waals surface area contributed by atoms with E-state index in [-0.39, 0.29) is 33.0 Å². The van der Waals surface area contributed by atoms with E-state index in [2.05, 4.69) is 0 Å². The van der Waals surface area contributed by atoms with Crippen LogP contribution in [-0.4, -0.2) is 58.1 Å². The van der Waals surface area contributed by atoms with Gasteiger partial charge in [-0.1, -0.05) is 0 Å². The van der Waals surface area contributed by atoms with Gasteiger partial charge in [-0.05, 0) is 24.3 Å². The Morgan fingerprint density at radius 1 is 0.800 bits per heavy atom. The lowest BCUT2D eigenvalue weighted by Gasteiger charge is -2.30. The quantitative estimate of drug-likeness (QED) is 0.809. The first-order valence-electron chi connectivity index (χ1n) is 7.33. The predicted octanol–water partition coefficient (Wildman–Crippen LogP) is 0.746. The van der Waals surface area contributed by atoms with Crippen molar-refractivity contribution in [1.82, 2.24) is 9.80 Å². The highest BCUT2D eigenvalue weighted by molar-refractivity contribution is 6.33. The summed E-state index contributed by atoms with van der Waals surface area (Å²) in [7, 11) is 1.36. The van der Waals surface area contributed by atoms with Gasteiger partial charge in [0.1, 0.15) is 6.54 Å². The van der Waals surface area contributed by atoms with Crippen molar-refractivity contribution in [2.24, 2.45) is 0 Å². The molecule has 8 nitrogen and oxygen atoms in total.